The Morgan fingerprint density at radius 1 is 1.44 bits per heavy atom. The van der Waals surface area contributed by atoms with Gasteiger partial charge in [-0.2, -0.15) is 0 Å². The fourth-order valence-electron chi connectivity index (χ4n) is 1.59. The highest BCUT2D eigenvalue weighted by atomic mass is 32.2. The molecule has 3 heterocycles. The summed E-state index contributed by atoms with van der Waals surface area (Å²) in [5.41, 5.74) is 1.74. The molecule has 0 saturated carbocycles. The number of fused-ring (bicyclic) bond motifs is 1. The summed E-state index contributed by atoms with van der Waals surface area (Å²) in [6, 6.07) is 1.60. The molecule has 7 heteroatoms. The molecule has 3 rings (SSSR count). The van der Waals surface area contributed by atoms with Crippen LogP contribution in [0.2, 0.25) is 0 Å². The molecular weight excluding hydrogens is 286 g/mol. The van der Waals surface area contributed by atoms with Crippen LogP contribution in [-0.2, 0) is 5.75 Å². The SMILES string of the molecule is Cc1csc2nc(CSc3nccs3)cc(=O)n12. The number of thiazole rings is 2. The van der Waals surface area contributed by atoms with Gasteiger partial charge in [0.1, 0.15) is 4.34 Å². The first-order valence-electron chi connectivity index (χ1n) is 5.23. The van der Waals surface area contributed by atoms with Crippen LogP contribution >= 0.6 is 34.4 Å². The average molecular weight is 295 g/mol. The van der Waals surface area contributed by atoms with E-state index >= 15 is 0 Å². The van der Waals surface area contributed by atoms with Crippen molar-refractivity contribution < 1.29 is 0 Å². The van der Waals surface area contributed by atoms with Gasteiger partial charge in [0.25, 0.3) is 5.56 Å². The summed E-state index contributed by atoms with van der Waals surface area (Å²) in [6.45, 7) is 1.91. The van der Waals surface area contributed by atoms with Gasteiger partial charge in [-0.3, -0.25) is 9.20 Å². The molecule has 0 unspecified atom stereocenters. The normalized spacial score (nSPS) is 11.2. The third-order valence-electron chi connectivity index (χ3n) is 2.38. The zero-order valence-corrected chi connectivity index (χ0v) is 11.9. The summed E-state index contributed by atoms with van der Waals surface area (Å²) in [6.07, 6.45) is 1.78. The largest absolute Gasteiger partial charge is 0.269 e. The van der Waals surface area contributed by atoms with Crippen LogP contribution in [0.15, 0.2) is 32.2 Å². The van der Waals surface area contributed by atoms with Gasteiger partial charge in [0.2, 0.25) is 0 Å². The Morgan fingerprint density at radius 3 is 3.11 bits per heavy atom. The van der Waals surface area contributed by atoms with E-state index in [2.05, 4.69) is 9.97 Å². The lowest BCUT2D eigenvalue weighted by atomic mass is 10.4. The van der Waals surface area contributed by atoms with Crippen LogP contribution in [-0.4, -0.2) is 14.4 Å². The van der Waals surface area contributed by atoms with Gasteiger partial charge in [-0.05, 0) is 6.92 Å². The summed E-state index contributed by atoms with van der Waals surface area (Å²) in [7, 11) is 0. The van der Waals surface area contributed by atoms with Crippen LogP contribution in [0.1, 0.15) is 11.4 Å². The van der Waals surface area contributed by atoms with E-state index in [0.29, 0.717) is 5.75 Å². The van der Waals surface area contributed by atoms with Gasteiger partial charge in [-0.25, -0.2) is 9.97 Å². The molecule has 3 aromatic rings. The number of thioether (sulfide) groups is 1. The van der Waals surface area contributed by atoms with Crippen LogP contribution in [0.3, 0.4) is 0 Å². The van der Waals surface area contributed by atoms with Crippen molar-refractivity contribution >= 4 is 39.4 Å². The molecule has 0 radical (unpaired) electrons. The van der Waals surface area contributed by atoms with Crippen LogP contribution < -0.4 is 5.56 Å². The third-order valence-corrected chi connectivity index (χ3v) is 5.32. The summed E-state index contributed by atoms with van der Waals surface area (Å²) < 4.78 is 2.64. The maximum absolute atomic E-state index is 12.0. The zero-order chi connectivity index (χ0) is 12.5. The topological polar surface area (TPSA) is 47.3 Å². The van der Waals surface area contributed by atoms with Crippen molar-refractivity contribution in [3.63, 3.8) is 0 Å². The highest BCUT2D eigenvalue weighted by molar-refractivity contribution is 8.00. The third kappa shape index (κ3) is 2.21. The average Bonchev–Trinajstić information content (AvgIpc) is 2.97. The van der Waals surface area contributed by atoms with E-state index < -0.39 is 0 Å². The Balaban J connectivity index is 1.91. The lowest BCUT2D eigenvalue weighted by Crippen LogP contribution is -2.14. The van der Waals surface area contributed by atoms with Gasteiger partial charge in [0, 0.05) is 34.5 Å². The van der Waals surface area contributed by atoms with Crippen molar-refractivity contribution in [3.8, 4) is 0 Å². The fourth-order valence-corrected chi connectivity index (χ4v) is 4.01. The second-order valence-electron chi connectivity index (χ2n) is 3.67. The first kappa shape index (κ1) is 11.9. The monoisotopic (exact) mass is 295 g/mol. The summed E-state index contributed by atoms with van der Waals surface area (Å²) in [5, 5.41) is 3.89. The minimum atomic E-state index is -0.00603. The number of hydrogen-bond acceptors (Lipinski definition) is 6. The molecule has 3 aromatic heterocycles. The molecule has 0 N–H and O–H groups in total. The molecule has 0 bridgehead atoms. The van der Waals surface area contributed by atoms with E-state index in [-0.39, 0.29) is 5.56 Å². The fraction of sp³-hybridized carbons (Fsp3) is 0.182. The molecule has 0 atom stereocenters. The van der Waals surface area contributed by atoms with Crippen molar-refractivity contribution in [3.05, 3.63) is 44.8 Å². The van der Waals surface area contributed by atoms with Crippen LogP contribution in [0.25, 0.3) is 4.96 Å². The molecule has 0 amide bonds. The minimum Gasteiger partial charge on any atom is -0.269 e. The van der Waals surface area contributed by atoms with Crippen LogP contribution in [0, 0.1) is 6.92 Å². The molecule has 0 aliphatic heterocycles. The Hall–Kier alpha value is -1.18. The van der Waals surface area contributed by atoms with Gasteiger partial charge >= 0.3 is 0 Å². The molecule has 92 valence electrons. The quantitative estimate of drug-likeness (QED) is 0.697. The van der Waals surface area contributed by atoms with Gasteiger partial charge in [0.15, 0.2) is 4.96 Å². The molecular formula is C11H9N3OS3. The lowest BCUT2D eigenvalue weighted by molar-refractivity contribution is 0.997. The standard InChI is InChI=1S/C11H9N3OS3/c1-7-5-17-10-13-8(4-9(15)14(7)10)6-18-11-12-2-3-16-11/h2-5H,6H2,1H3. The predicted octanol–water partition coefficient (Wildman–Crippen LogP) is 2.81. The highest BCUT2D eigenvalue weighted by Gasteiger charge is 2.07. The molecule has 0 fully saturated rings. The number of nitrogens with zero attached hydrogens (tertiary/aromatic N) is 3. The van der Waals surface area contributed by atoms with Crippen molar-refractivity contribution in [2.45, 2.75) is 17.0 Å². The van der Waals surface area contributed by atoms with Crippen molar-refractivity contribution in [2.75, 3.05) is 0 Å². The number of rotatable bonds is 3. The summed E-state index contributed by atoms with van der Waals surface area (Å²) >= 11 is 4.70. The van der Waals surface area contributed by atoms with Crippen LogP contribution in [0.5, 0.6) is 0 Å². The Morgan fingerprint density at radius 2 is 2.33 bits per heavy atom. The first-order valence-corrected chi connectivity index (χ1v) is 7.97. The molecule has 4 nitrogen and oxygen atoms in total. The predicted molar refractivity (Wildman–Crippen MR) is 75.8 cm³/mol. The zero-order valence-electron chi connectivity index (χ0n) is 9.49. The van der Waals surface area contributed by atoms with Crippen molar-refractivity contribution in [1.82, 2.24) is 14.4 Å². The number of hydrogen-bond donors (Lipinski definition) is 0. The van der Waals surface area contributed by atoms with E-state index in [9.17, 15) is 4.79 Å². The summed E-state index contributed by atoms with van der Waals surface area (Å²) in [4.78, 5) is 21.4. The van der Waals surface area contributed by atoms with Gasteiger partial charge in [-0.15, -0.1) is 22.7 Å². The number of aromatic nitrogens is 3. The molecule has 0 spiro atoms. The maximum Gasteiger partial charge on any atom is 0.258 e. The summed E-state index contributed by atoms with van der Waals surface area (Å²) in [5.74, 6) is 0.677. The van der Waals surface area contributed by atoms with Crippen molar-refractivity contribution in [1.29, 1.82) is 0 Å². The molecule has 0 aliphatic rings. The second kappa shape index (κ2) is 4.83. The minimum absolute atomic E-state index is 0.00603. The van der Waals surface area contributed by atoms with Gasteiger partial charge < -0.3 is 0 Å². The van der Waals surface area contributed by atoms with E-state index in [0.717, 1.165) is 20.7 Å². The Labute approximate surface area is 115 Å². The molecule has 0 aliphatic carbocycles. The Bertz CT molecular complexity index is 730. The molecule has 18 heavy (non-hydrogen) atoms. The highest BCUT2D eigenvalue weighted by Crippen LogP contribution is 2.23. The van der Waals surface area contributed by atoms with Crippen molar-refractivity contribution in [2.24, 2.45) is 0 Å². The van der Waals surface area contributed by atoms with E-state index in [1.807, 2.05) is 17.7 Å². The van der Waals surface area contributed by atoms with Gasteiger partial charge in [-0.1, -0.05) is 11.8 Å². The second-order valence-corrected chi connectivity index (χ2v) is 6.62. The van der Waals surface area contributed by atoms with Gasteiger partial charge in [0.05, 0.1) is 5.69 Å². The first-order chi connectivity index (χ1) is 8.74. The smallest absolute Gasteiger partial charge is 0.258 e. The van der Waals surface area contributed by atoms with E-state index in [4.69, 9.17) is 0 Å². The molecule has 0 saturated heterocycles. The lowest BCUT2D eigenvalue weighted by Gasteiger charge is -2.00. The maximum atomic E-state index is 12.0. The van der Waals surface area contributed by atoms with Crippen LogP contribution in [0.4, 0.5) is 0 Å². The van der Waals surface area contributed by atoms with E-state index in [1.54, 1.807) is 39.8 Å². The Kier molecular flexibility index (Phi) is 3.19. The number of aryl methyl sites for hydroxylation is 1. The van der Waals surface area contributed by atoms with E-state index in [1.165, 1.54) is 11.3 Å². The molecule has 0 aromatic carbocycles.